The summed E-state index contributed by atoms with van der Waals surface area (Å²) in [4.78, 5) is 16.3. The summed E-state index contributed by atoms with van der Waals surface area (Å²) >= 11 is 0. The normalized spacial score (nSPS) is 10.3. The number of aromatic nitrogens is 3. The minimum absolute atomic E-state index is 0.216. The van der Waals surface area contributed by atoms with E-state index in [1.807, 2.05) is 37.3 Å². The molecule has 104 valence electrons. The molecule has 1 aromatic carbocycles. The fourth-order valence-electron chi connectivity index (χ4n) is 1.84. The van der Waals surface area contributed by atoms with Crippen LogP contribution in [0.5, 0.6) is 0 Å². The van der Waals surface area contributed by atoms with Gasteiger partial charge in [-0.15, -0.1) is 10.2 Å². The zero-order chi connectivity index (χ0) is 14.4. The summed E-state index contributed by atoms with van der Waals surface area (Å²) in [7, 11) is 0. The lowest BCUT2D eigenvalue weighted by Crippen LogP contribution is -2.14. The van der Waals surface area contributed by atoms with Gasteiger partial charge in [0.05, 0.1) is 12.3 Å². The first-order chi connectivity index (χ1) is 9.76. The van der Waals surface area contributed by atoms with E-state index in [1.165, 1.54) is 0 Å². The number of carbonyl (C=O) groups is 1. The van der Waals surface area contributed by atoms with Crippen LogP contribution in [0.1, 0.15) is 36.5 Å². The van der Waals surface area contributed by atoms with Gasteiger partial charge in [0.15, 0.2) is 11.5 Å². The second kappa shape index (κ2) is 6.75. The van der Waals surface area contributed by atoms with Gasteiger partial charge in [-0.25, -0.2) is 9.78 Å². The summed E-state index contributed by atoms with van der Waals surface area (Å²) in [6, 6.07) is 9.58. The Bertz CT molecular complexity index is 585. The largest absolute Gasteiger partial charge is 0.461 e. The molecule has 0 unspecified atom stereocenters. The van der Waals surface area contributed by atoms with Crippen LogP contribution in [0.2, 0.25) is 0 Å². The number of benzene rings is 1. The van der Waals surface area contributed by atoms with Crippen LogP contribution in [0.15, 0.2) is 30.3 Å². The van der Waals surface area contributed by atoms with Crippen molar-refractivity contribution in [2.24, 2.45) is 0 Å². The minimum atomic E-state index is -0.462. The van der Waals surface area contributed by atoms with Crippen molar-refractivity contribution in [3.05, 3.63) is 41.7 Å². The molecule has 0 saturated carbocycles. The summed E-state index contributed by atoms with van der Waals surface area (Å²) in [6.07, 6.45) is 1.54. The predicted molar refractivity (Wildman–Crippen MR) is 75.2 cm³/mol. The molecule has 0 saturated heterocycles. The number of esters is 1. The van der Waals surface area contributed by atoms with Gasteiger partial charge < -0.3 is 4.74 Å². The van der Waals surface area contributed by atoms with Crippen molar-refractivity contribution in [3.8, 4) is 11.4 Å². The molecule has 1 heterocycles. The zero-order valence-electron chi connectivity index (χ0n) is 11.7. The first kappa shape index (κ1) is 14.1. The summed E-state index contributed by atoms with van der Waals surface area (Å²) < 4.78 is 4.98. The van der Waals surface area contributed by atoms with Crippen molar-refractivity contribution in [2.45, 2.75) is 26.7 Å². The zero-order valence-corrected chi connectivity index (χ0v) is 11.7. The Labute approximate surface area is 118 Å². The molecular formula is C15H17N3O2. The van der Waals surface area contributed by atoms with Gasteiger partial charge in [-0.1, -0.05) is 43.7 Å². The van der Waals surface area contributed by atoms with Crippen molar-refractivity contribution in [2.75, 3.05) is 6.61 Å². The maximum atomic E-state index is 11.8. The average Bonchev–Trinajstić information content (AvgIpc) is 2.48. The van der Waals surface area contributed by atoms with Gasteiger partial charge in [-0.2, -0.15) is 0 Å². The highest BCUT2D eigenvalue weighted by Crippen LogP contribution is 2.16. The molecule has 2 aromatic rings. The van der Waals surface area contributed by atoms with Crippen LogP contribution >= 0.6 is 0 Å². The fraction of sp³-hybridized carbons (Fsp3) is 0.333. The molecule has 0 aliphatic heterocycles. The van der Waals surface area contributed by atoms with Crippen LogP contribution in [-0.2, 0) is 11.2 Å². The predicted octanol–water partition coefficient (Wildman–Crippen LogP) is 2.67. The molecule has 0 atom stereocenters. The Balaban J connectivity index is 2.39. The van der Waals surface area contributed by atoms with Crippen LogP contribution in [-0.4, -0.2) is 27.8 Å². The molecule has 0 aliphatic rings. The lowest BCUT2D eigenvalue weighted by molar-refractivity contribution is 0.0516. The molecule has 0 bridgehead atoms. The maximum absolute atomic E-state index is 11.8. The van der Waals surface area contributed by atoms with E-state index in [9.17, 15) is 4.79 Å². The van der Waals surface area contributed by atoms with E-state index in [1.54, 1.807) is 6.92 Å². The van der Waals surface area contributed by atoms with E-state index in [4.69, 9.17) is 4.74 Å². The first-order valence-electron chi connectivity index (χ1n) is 6.72. The summed E-state index contributed by atoms with van der Waals surface area (Å²) in [5, 5.41) is 8.04. The Kier molecular flexibility index (Phi) is 4.76. The van der Waals surface area contributed by atoms with E-state index in [-0.39, 0.29) is 5.69 Å². The lowest BCUT2D eigenvalue weighted by Gasteiger charge is -2.07. The van der Waals surface area contributed by atoms with Gasteiger partial charge in [0.1, 0.15) is 0 Å². The number of hydrogen-bond donors (Lipinski definition) is 0. The lowest BCUT2D eigenvalue weighted by atomic mass is 10.2. The second-order valence-electron chi connectivity index (χ2n) is 4.27. The topological polar surface area (TPSA) is 65.0 Å². The maximum Gasteiger partial charge on any atom is 0.360 e. The van der Waals surface area contributed by atoms with Crippen LogP contribution in [0.4, 0.5) is 0 Å². The van der Waals surface area contributed by atoms with Crippen molar-refractivity contribution in [1.29, 1.82) is 0 Å². The standard InChI is InChI=1S/C15H17N3O2/c1-3-8-12-13(15(19)20-4-2)17-18-14(16-12)11-9-6-5-7-10-11/h5-7,9-10H,3-4,8H2,1-2H3. The summed E-state index contributed by atoms with van der Waals surface area (Å²) in [5.41, 5.74) is 1.74. The fourth-order valence-corrected chi connectivity index (χ4v) is 1.84. The second-order valence-corrected chi connectivity index (χ2v) is 4.27. The third-order valence-electron chi connectivity index (χ3n) is 2.75. The number of aryl methyl sites for hydroxylation is 1. The Morgan fingerprint density at radius 1 is 1.15 bits per heavy atom. The summed E-state index contributed by atoms with van der Waals surface area (Å²) in [6.45, 7) is 4.10. The Hall–Kier alpha value is -2.30. The Morgan fingerprint density at radius 2 is 1.90 bits per heavy atom. The van der Waals surface area contributed by atoms with Gasteiger partial charge in [0.25, 0.3) is 0 Å². The molecule has 2 rings (SSSR count). The van der Waals surface area contributed by atoms with Crippen LogP contribution < -0.4 is 0 Å². The van der Waals surface area contributed by atoms with Gasteiger partial charge in [0.2, 0.25) is 0 Å². The van der Waals surface area contributed by atoms with Crippen molar-refractivity contribution >= 4 is 5.97 Å². The third kappa shape index (κ3) is 3.17. The van der Waals surface area contributed by atoms with Gasteiger partial charge in [-0.3, -0.25) is 0 Å². The highest BCUT2D eigenvalue weighted by molar-refractivity contribution is 5.88. The van der Waals surface area contributed by atoms with Crippen LogP contribution in [0.3, 0.4) is 0 Å². The van der Waals surface area contributed by atoms with E-state index < -0.39 is 5.97 Å². The number of hydrogen-bond acceptors (Lipinski definition) is 5. The molecule has 0 spiro atoms. The molecule has 0 fully saturated rings. The SMILES string of the molecule is CCCc1nc(-c2ccccc2)nnc1C(=O)OCC. The molecular weight excluding hydrogens is 254 g/mol. The Morgan fingerprint density at radius 3 is 2.55 bits per heavy atom. The molecule has 0 aliphatic carbocycles. The quantitative estimate of drug-likeness (QED) is 0.782. The molecule has 1 aromatic heterocycles. The van der Waals surface area contributed by atoms with Crippen molar-refractivity contribution in [1.82, 2.24) is 15.2 Å². The molecule has 5 nitrogen and oxygen atoms in total. The van der Waals surface area contributed by atoms with Gasteiger partial charge in [0, 0.05) is 5.56 Å². The van der Waals surface area contributed by atoms with E-state index >= 15 is 0 Å². The number of nitrogens with zero attached hydrogens (tertiary/aromatic N) is 3. The highest BCUT2D eigenvalue weighted by Gasteiger charge is 2.17. The third-order valence-corrected chi connectivity index (χ3v) is 2.75. The van der Waals surface area contributed by atoms with Gasteiger partial charge >= 0.3 is 5.97 Å². The van der Waals surface area contributed by atoms with Crippen molar-refractivity contribution in [3.63, 3.8) is 0 Å². The molecule has 20 heavy (non-hydrogen) atoms. The number of rotatable bonds is 5. The minimum Gasteiger partial charge on any atom is -0.461 e. The molecule has 0 radical (unpaired) electrons. The van der Waals surface area contributed by atoms with E-state index in [0.29, 0.717) is 24.5 Å². The molecule has 5 heteroatoms. The van der Waals surface area contributed by atoms with E-state index in [2.05, 4.69) is 15.2 Å². The van der Waals surface area contributed by atoms with Crippen LogP contribution in [0, 0.1) is 0 Å². The average molecular weight is 271 g/mol. The monoisotopic (exact) mass is 271 g/mol. The highest BCUT2D eigenvalue weighted by atomic mass is 16.5. The smallest absolute Gasteiger partial charge is 0.360 e. The van der Waals surface area contributed by atoms with Gasteiger partial charge in [-0.05, 0) is 13.3 Å². The number of carbonyl (C=O) groups excluding carboxylic acids is 1. The number of ether oxygens (including phenoxy) is 1. The molecule has 0 N–H and O–H groups in total. The van der Waals surface area contributed by atoms with E-state index in [0.717, 1.165) is 12.0 Å². The van der Waals surface area contributed by atoms with Crippen molar-refractivity contribution < 1.29 is 9.53 Å². The van der Waals surface area contributed by atoms with Crippen LogP contribution in [0.25, 0.3) is 11.4 Å². The summed E-state index contributed by atoms with van der Waals surface area (Å²) in [5.74, 6) is 0.0673. The first-order valence-corrected chi connectivity index (χ1v) is 6.72. The molecule has 0 amide bonds.